The Morgan fingerprint density at radius 2 is 2.25 bits per heavy atom. The summed E-state index contributed by atoms with van der Waals surface area (Å²) in [4.78, 5) is 30.2. The van der Waals surface area contributed by atoms with Crippen LogP contribution in [-0.2, 0) is 14.3 Å². The fraction of sp³-hybridized carbons (Fsp3) is 0.562. The third-order valence-electron chi connectivity index (χ3n) is 4.38. The van der Waals surface area contributed by atoms with Crippen molar-refractivity contribution in [2.45, 2.75) is 18.9 Å². The summed E-state index contributed by atoms with van der Waals surface area (Å²) in [7, 11) is 0. The summed E-state index contributed by atoms with van der Waals surface area (Å²) in [5, 5.41) is 5.42. The molecule has 1 saturated heterocycles. The van der Waals surface area contributed by atoms with Crippen LogP contribution in [0.1, 0.15) is 13.3 Å². The molecule has 1 aromatic heterocycles. The second kappa shape index (κ2) is 7.14. The number of ether oxygens (including phenoxy) is 2. The fourth-order valence-corrected chi connectivity index (χ4v) is 2.83. The number of nitrogens with zero attached hydrogens (tertiary/aromatic N) is 1. The minimum Gasteiger partial charge on any atom is -0.464 e. The zero-order valence-corrected chi connectivity index (χ0v) is 13.8. The molecule has 0 saturated carbocycles. The number of rotatable bonds is 5. The summed E-state index contributed by atoms with van der Waals surface area (Å²) in [6.07, 6.45) is 2.40. The number of carbonyl (C=O) groups is 2. The van der Waals surface area contributed by atoms with Gasteiger partial charge in [0, 0.05) is 19.2 Å². The van der Waals surface area contributed by atoms with Crippen LogP contribution in [0.2, 0.25) is 0 Å². The molecule has 130 valence electrons. The lowest BCUT2D eigenvalue weighted by atomic mass is 10.0. The zero-order valence-electron chi connectivity index (χ0n) is 13.8. The first kappa shape index (κ1) is 16.7. The third kappa shape index (κ3) is 3.49. The Balaban J connectivity index is 1.51. The predicted octanol–water partition coefficient (Wildman–Crippen LogP) is -1.41. The van der Waals surface area contributed by atoms with Crippen LogP contribution in [0.3, 0.4) is 0 Å². The number of hydrogen-bond donors (Lipinski definition) is 3. The van der Waals surface area contributed by atoms with Crippen molar-refractivity contribution in [1.82, 2.24) is 10.3 Å². The molecule has 1 fully saturated rings. The predicted molar refractivity (Wildman–Crippen MR) is 85.9 cm³/mol. The average molecular weight is 335 g/mol. The van der Waals surface area contributed by atoms with E-state index in [1.807, 2.05) is 0 Å². The molecule has 1 atom stereocenters. The summed E-state index contributed by atoms with van der Waals surface area (Å²) < 4.78 is 11.0. The smallest absolute Gasteiger partial charge is 0.279 e. The lowest BCUT2D eigenvalue weighted by molar-refractivity contribution is -0.908. The number of nitrogens with one attached hydrogen (secondary N) is 3. The molecule has 3 rings (SSSR count). The van der Waals surface area contributed by atoms with Crippen molar-refractivity contribution in [3.8, 4) is 5.75 Å². The SMILES string of the molecule is C[C@@]1(C(=O)NCCC[NH+]2CCOCC2)Oc2cccnc2NC1=O. The highest BCUT2D eigenvalue weighted by Gasteiger charge is 2.47. The van der Waals surface area contributed by atoms with E-state index in [0.29, 0.717) is 18.1 Å². The minimum absolute atomic E-state index is 0.337. The van der Waals surface area contributed by atoms with Gasteiger partial charge in [-0.05, 0) is 19.1 Å². The number of anilines is 1. The number of hydrogen-bond acceptors (Lipinski definition) is 5. The van der Waals surface area contributed by atoms with E-state index in [9.17, 15) is 9.59 Å². The van der Waals surface area contributed by atoms with E-state index < -0.39 is 17.4 Å². The van der Waals surface area contributed by atoms with E-state index in [1.165, 1.54) is 11.8 Å². The van der Waals surface area contributed by atoms with Gasteiger partial charge in [0.15, 0.2) is 11.6 Å². The number of fused-ring (bicyclic) bond motifs is 1. The first-order chi connectivity index (χ1) is 11.6. The van der Waals surface area contributed by atoms with Gasteiger partial charge in [0.2, 0.25) is 0 Å². The van der Waals surface area contributed by atoms with Gasteiger partial charge in [0.05, 0.1) is 19.8 Å². The molecule has 2 aliphatic heterocycles. The summed E-state index contributed by atoms with van der Waals surface area (Å²) in [5.41, 5.74) is -1.58. The summed E-state index contributed by atoms with van der Waals surface area (Å²) >= 11 is 0. The van der Waals surface area contributed by atoms with Crippen LogP contribution >= 0.6 is 0 Å². The molecule has 2 amide bonds. The molecule has 0 bridgehead atoms. The number of carbonyl (C=O) groups excluding carboxylic acids is 2. The van der Waals surface area contributed by atoms with Gasteiger partial charge < -0.3 is 25.0 Å². The van der Waals surface area contributed by atoms with Gasteiger partial charge in [-0.25, -0.2) is 4.98 Å². The molecule has 0 aliphatic carbocycles. The Bertz CT molecular complexity index is 618. The number of morpholine rings is 1. The standard InChI is InChI=1S/C16H22N4O4/c1-16(15(22)19-13-12(24-16)4-2-5-17-13)14(21)18-6-3-7-20-8-10-23-11-9-20/h2,4-5H,3,6-11H2,1H3,(H,18,21)(H,17,19,22)/p+1/t16-/m0/s1. The molecule has 0 aromatic carbocycles. The van der Waals surface area contributed by atoms with E-state index in [1.54, 1.807) is 18.3 Å². The van der Waals surface area contributed by atoms with Gasteiger partial charge in [0.25, 0.3) is 17.4 Å². The Kier molecular flexibility index (Phi) is 4.96. The van der Waals surface area contributed by atoms with Crippen LogP contribution in [0.4, 0.5) is 5.82 Å². The van der Waals surface area contributed by atoms with E-state index in [0.717, 1.165) is 39.3 Å². The van der Waals surface area contributed by atoms with Gasteiger partial charge in [-0.15, -0.1) is 0 Å². The van der Waals surface area contributed by atoms with Crippen molar-refractivity contribution in [2.24, 2.45) is 0 Å². The van der Waals surface area contributed by atoms with Crippen LogP contribution in [-0.4, -0.2) is 61.8 Å². The van der Waals surface area contributed by atoms with E-state index >= 15 is 0 Å². The van der Waals surface area contributed by atoms with Gasteiger partial charge >= 0.3 is 0 Å². The maximum absolute atomic E-state index is 12.4. The molecule has 1 aromatic rings. The first-order valence-electron chi connectivity index (χ1n) is 8.25. The number of aromatic nitrogens is 1. The number of quaternary nitrogens is 1. The van der Waals surface area contributed by atoms with Crippen LogP contribution in [0.15, 0.2) is 18.3 Å². The lowest BCUT2D eigenvalue weighted by Crippen LogP contribution is -3.14. The highest BCUT2D eigenvalue weighted by atomic mass is 16.5. The topological polar surface area (TPSA) is 94.0 Å². The van der Waals surface area contributed by atoms with Crippen molar-refractivity contribution in [2.75, 3.05) is 44.7 Å². The van der Waals surface area contributed by atoms with Crippen molar-refractivity contribution >= 4 is 17.6 Å². The van der Waals surface area contributed by atoms with Gasteiger partial charge in [-0.2, -0.15) is 0 Å². The van der Waals surface area contributed by atoms with E-state index in [4.69, 9.17) is 9.47 Å². The molecule has 3 heterocycles. The monoisotopic (exact) mass is 335 g/mol. The molecular weight excluding hydrogens is 312 g/mol. The minimum atomic E-state index is -1.58. The molecule has 0 unspecified atom stereocenters. The normalized spacial score (nSPS) is 23.8. The Morgan fingerprint density at radius 3 is 3.04 bits per heavy atom. The Labute approximate surface area is 140 Å². The highest BCUT2D eigenvalue weighted by molar-refractivity contribution is 6.15. The molecule has 8 nitrogen and oxygen atoms in total. The molecule has 8 heteroatoms. The molecule has 24 heavy (non-hydrogen) atoms. The molecular formula is C16H23N4O4+. The first-order valence-corrected chi connectivity index (χ1v) is 8.25. The van der Waals surface area contributed by atoms with Crippen LogP contribution < -0.4 is 20.3 Å². The van der Waals surface area contributed by atoms with Crippen molar-refractivity contribution in [3.63, 3.8) is 0 Å². The third-order valence-corrected chi connectivity index (χ3v) is 4.38. The highest BCUT2D eigenvalue weighted by Crippen LogP contribution is 2.31. The van der Waals surface area contributed by atoms with Crippen LogP contribution in [0, 0.1) is 0 Å². The van der Waals surface area contributed by atoms with E-state index in [-0.39, 0.29) is 0 Å². The van der Waals surface area contributed by atoms with Gasteiger partial charge in [-0.1, -0.05) is 0 Å². The van der Waals surface area contributed by atoms with Crippen molar-refractivity contribution < 1.29 is 24.0 Å². The van der Waals surface area contributed by atoms with Crippen molar-refractivity contribution in [3.05, 3.63) is 18.3 Å². The molecule has 2 aliphatic rings. The second-order valence-electron chi connectivity index (χ2n) is 6.16. The van der Waals surface area contributed by atoms with Gasteiger partial charge in [0.1, 0.15) is 13.1 Å². The fourth-order valence-electron chi connectivity index (χ4n) is 2.83. The number of pyridine rings is 1. The quantitative estimate of drug-likeness (QED) is 0.454. The Morgan fingerprint density at radius 1 is 1.46 bits per heavy atom. The maximum Gasteiger partial charge on any atom is 0.279 e. The van der Waals surface area contributed by atoms with E-state index in [2.05, 4.69) is 15.6 Å². The van der Waals surface area contributed by atoms with Crippen LogP contribution in [0.5, 0.6) is 5.75 Å². The molecule has 3 N–H and O–H groups in total. The maximum atomic E-state index is 12.4. The largest absolute Gasteiger partial charge is 0.464 e. The lowest BCUT2D eigenvalue weighted by Gasteiger charge is -2.32. The number of amides is 2. The molecule has 0 spiro atoms. The van der Waals surface area contributed by atoms with Crippen molar-refractivity contribution in [1.29, 1.82) is 0 Å². The van der Waals surface area contributed by atoms with Gasteiger partial charge in [-0.3, -0.25) is 9.59 Å². The second-order valence-corrected chi connectivity index (χ2v) is 6.16. The summed E-state index contributed by atoms with van der Waals surface area (Å²) in [6, 6.07) is 3.37. The zero-order chi connectivity index (χ0) is 17.0. The van der Waals surface area contributed by atoms with Crippen LogP contribution in [0.25, 0.3) is 0 Å². The Hall–Kier alpha value is -2.19. The summed E-state index contributed by atoms with van der Waals surface area (Å²) in [6.45, 7) is 6.54. The molecule has 0 radical (unpaired) electrons. The summed E-state index contributed by atoms with van der Waals surface area (Å²) in [5.74, 6) is -0.215. The average Bonchev–Trinajstić information content (AvgIpc) is 2.60.